The SMILES string of the molecule is CCOc1cccc(C(=O)Nc2ccc(N3Cc4ccccc4C3=O)cc2)c1. The van der Waals surface area contributed by atoms with Crippen LogP contribution in [0.4, 0.5) is 11.4 Å². The quantitative estimate of drug-likeness (QED) is 0.717. The molecule has 0 saturated carbocycles. The molecule has 4 rings (SSSR count). The number of rotatable bonds is 5. The molecule has 0 unspecified atom stereocenters. The normalized spacial score (nSPS) is 12.6. The van der Waals surface area contributed by atoms with Gasteiger partial charge in [-0.3, -0.25) is 9.59 Å². The number of benzene rings is 3. The molecule has 3 aromatic rings. The largest absolute Gasteiger partial charge is 0.494 e. The van der Waals surface area contributed by atoms with E-state index in [2.05, 4.69) is 5.32 Å². The van der Waals surface area contributed by atoms with Crippen LogP contribution in [-0.2, 0) is 6.54 Å². The van der Waals surface area contributed by atoms with E-state index in [9.17, 15) is 9.59 Å². The molecule has 1 N–H and O–H groups in total. The Kier molecular flexibility index (Phi) is 4.81. The second-order valence-corrected chi connectivity index (χ2v) is 6.51. The predicted molar refractivity (Wildman–Crippen MR) is 109 cm³/mol. The fraction of sp³-hybridized carbons (Fsp3) is 0.130. The number of fused-ring (bicyclic) bond motifs is 1. The van der Waals surface area contributed by atoms with E-state index in [1.54, 1.807) is 35.2 Å². The van der Waals surface area contributed by atoms with Crippen molar-refractivity contribution in [1.82, 2.24) is 0 Å². The number of nitrogens with zero attached hydrogens (tertiary/aromatic N) is 1. The smallest absolute Gasteiger partial charge is 0.258 e. The van der Waals surface area contributed by atoms with Gasteiger partial charge < -0.3 is 15.0 Å². The summed E-state index contributed by atoms with van der Waals surface area (Å²) >= 11 is 0. The summed E-state index contributed by atoms with van der Waals surface area (Å²) in [7, 11) is 0. The molecule has 3 aromatic carbocycles. The van der Waals surface area contributed by atoms with Crippen molar-refractivity contribution in [3.05, 3.63) is 89.5 Å². The van der Waals surface area contributed by atoms with Crippen LogP contribution in [0.15, 0.2) is 72.8 Å². The molecule has 140 valence electrons. The van der Waals surface area contributed by atoms with Crippen molar-refractivity contribution in [3.63, 3.8) is 0 Å². The molecule has 0 atom stereocenters. The highest BCUT2D eigenvalue weighted by molar-refractivity contribution is 6.10. The lowest BCUT2D eigenvalue weighted by molar-refractivity contribution is 0.0994. The summed E-state index contributed by atoms with van der Waals surface area (Å²) in [6.45, 7) is 3.01. The topological polar surface area (TPSA) is 58.6 Å². The molecule has 0 saturated heterocycles. The Morgan fingerprint density at radius 3 is 2.57 bits per heavy atom. The van der Waals surface area contributed by atoms with Crippen LogP contribution in [0.1, 0.15) is 33.2 Å². The summed E-state index contributed by atoms with van der Waals surface area (Å²) in [5.74, 6) is 0.455. The van der Waals surface area contributed by atoms with Crippen molar-refractivity contribution < 1.29 is 14.3 Å². The van der Waals surface area contributed by atoms with Gasteiger partial charge in [-0.05, 0) is 61.0 Å². The molecule has 0 aliphatic carbocycles. The summed E-state index contributed by atoms with van der Waals surface area (Å²) in [5, 5.41) is 2.88. The number of nitrogens with one attached hydrogen (secondary N) is 1. The van der Waals surface area contributed by atoms with Crippen LogP contribution < -0.4 is 15.0 Å². The van der Waals surface area contributed by atoms with Crippen LogP contribution >= 0.6 is 0 Å². The van der Waals surface area contributed by atoms with Gasteiger partial charge in [0.25, 0.3) is 11.8 Å². The van der Waals surface area contributed by atoms with Crippen molar-refractivity contribution in [1.29, 1.82) is 0 Å². The zero-order valence-electron chi connectivity index (χ0n) is 15.5. The first-order valence-corrected chi connectivity index (χ1v) is 9.20. The van der Waals surface area contributed by atoms with Gasteiger partial charge in [-0.15, -0.1) is 0 Å². The maximum Gasteiger partial charge on any atom is 0.258 e. The van der Waals surface area contributed by atoms with Crippen LogP contribution in [0.5, 0.6) is 5.75 Å². The van der Waals surface area contributed by atoms with Crippen LogP contribution in [0, 0.1) is 0 Å². The van der Waals surface area contributed by atoms with Crippen LogP contribution in [0.3, 0.4) is 0 Å². The van der Waals surface area contributed by atoms with Crippen LogP contribution in [0.2, 0.25) is 0 Å². The predicted octanol–water partition coefficient (Wildman–Crippen LogP) is 4.50. The average Bonchev–Trinajstić information content (AvgIpc) is 3.06. The lowest BCUT2D eigenvalue weighted by Crippen LogP contribution is -2.22. The number of amides is 2. The van der Waals surface area contributed by atoms with E-state index in [4.69, 9.17) is 4.74 Å². The number of hydrogen-bond acceptors (Lipinski definition) is 3. The van der Waals surface area contributed by atoms with E-state index in [0.717, 1.165) is 16.8 Å². The molecule has 5 nitrogen and oxygen atoms in total. The zero-order chi connectivity index (χ0) is 19.5. The van der Waals surface area contributed by atoms with E-state index in [0.29, 0.717) is 30.2 Å². The van der Waals surface area contributed by atoms with Gasteiger partial charge in [0.05, 0.1) is 13.2 Å². The highest BCUT2D eigenvalue weighted by atomic mass is 16.5. The average molecular weight is 372 g/mol. The van der Waals surface area contributed by atoms with Crippen molar-refractivity contribution in [2.45, 2.75) is 13.5 Å². The summed E-state index contributed by atoms with van der Waals surface area (Å²) in [6, 6.07) is 22.0. The van der Waals surface area contributed by atoms with E-state index in [1.807, 2.05) is 49.4 Å². The summed E-state index contributed by atoms with van der Waals surface area (Å²) in [6.07, 6.45) is 0. The molecule has 0 fully saturated rings. The van der Waals surface area contributed by atoms with E-state index >= 15 is 0 Å². The van der Waals surface area contributed by atoms with Crippen LogP contribution in [0.25, 0.3) is 0 Å². The lowest BCUT2D eigenvalue weighted by Gasteiger charge is -2.16. The molecule has 5 heteroatoms. The third-order valence-electron chi connectivity index (χ3n) is 4.67. The molecular weight excluding hydrogens is 352 g/mol. The van der Waals surface area contributed by atoms with Crippen molar-refractivity contribution >= 4 is 23.2 Å². The van der Waals surface area contributed by atoms with Gasteiger partial charge in [0.1, 0.15) is 5.75 Å². The summed E-state index contributed by atoms with van der Waals surface area (Å²) < 4.78 is 5.44. The third-order valence-corrected chi connectivity index (χ3v) is 4.67. The molecule has 0 bridgehead atoms. The van der Waals surface area contributed by atoms with Gasteiger partial charge in [-0.1, -0.05) is 24.3 Å². The number of carbonyl (C=O) groups is 2. The first kappa shape index (κ1) is 17.8. The van der Waals surface area contributed by atoms with Gasteiger partial charge in [-0.25, -0.2) is 0 Å². The second-order valence-electron chi connectivity index (χ2n) is 6.51. The Labute approximate surface area is 163 Å². The lowest BCUT2D eigenvalue weighted by atomic mass is 10.1. The Morgan fingerprint density at radius 2 is 1.82 bits per heavy atom. The maximum atomic E-state index is 12.6. The summed E-state index contributed by atoms with van der Waals surface area (Å²) in [4.78, 5) is 26.8. The highest BCUT2D eigenvalue weighted by Crippen LogP contribution is 2.29. The molecule has 2 amide bonds. The first-order chi connectivity index (χ1) is 13.7. The van der Waals surface area contributed by atoms with Gasteiger partial charge in [-0.2, -0.15) is 0 Å². The van der Waals surface area contributed by atoms with E-state index in [1.165, 1.54) is 0 Å². The fourth-order valence-corrected chi connectivity index (χ4v) is 3.28. The van der Waals surface area contributed by atoms with Crippen molar-refractivity contribution in [2.75, 3.05) is 16.8 Å². The molecule has 28 heavy (non-hydrogen) atoms. The maximum absolute atomic E-state index is 12.6. The number of anilines is 2. The number of ether oxygens (including phenoxy) is 1. The van der Waals surface area contributed by atoms with Gasteiger partial charge in [0.2, 0.25) is 0 Å². The summed E-state index contributed by atoms with van der Waals surface area (Å²) in [5.41, 5.74) is 3.77. The van der Waals surface area contributed by atoms with Crippen LogP contribution in [-0.4, -0.2) is 18.4 Å². The molecule has 1 aliphatic rings. The van der Waals surface area contributed by atoms with Gasteiger partial charge >= 0.3 is 0 Å². The van der Waals surface area contributed by atoms with Crippen molar-refractivity contribution in [3.8, 4) is 5.75 Å². The number of hydrogen-bond donors (Lipinski definition) is 1. The molecule has 1 aliphatic heterocycles. The second kappa shape index (κ2) is 7.56. The molecule has 0 radical (unpaired) electrons. The highest BCUT2D eigenvalue weighted by Gasteiger charge is 2.27. The minimum Gasteiger partial charge on any atom is -0.494 e. The molecular formula is C23H20N2O3. The first-order valence-electron chi connectivity index (χ1n) is 9.20. The number of carbonyl (C=O) groups excluding carboxylic acids is 2. The Bertz CT molecular complexity index is 1030. The minimum atomic E-state index is -0.209. The molecule has 1 heterocycles. The Balaban J connectivity index is 1.46. The molecule has 0 spiro atoms. The van der Waals surface area contributed by atoms with Gasteiger partial charge in [0.15, 0.2) is 0 Å². The minimum absolute atomic E-state index is 0.000115. The Hall–Kier alpha value is -3.60. The Morgan fingerprint density at radius 1 is 1.04 bits per heavy atom. The van der Waals surface area contributed by atoms with Gasteiger partial charge in [0, 0.05) is 22.5 Å². The zero-order valence-corrected chi connectivity index (χ0v) is 15.5. The molecule has 0 aromatic heterocycles. The van der Waals surface area contributed by atoms with E-state index in [-0.39, 0.29) is 11.8 Å². The monoisotopic (exact) mass is 372 g/mol. The van der Waals surface area contributed by atoms with Crippen molar-refractivity contribution in [2.24, 2.45) is 0 Å². The third kappa shape index (κ3) is 3.47. The van der Waals surface area contributed by atoms with E-state index < -0.39 is 0 Å². The standard InChI is InChI=1S/C23H20N2O3/c1-2-28-20-8-5-7-16(14-20)22(26)24-18-10-12-19(13-11-18)25-15-17-6-3-4-9-21(17)23(25)27/h3-14H,2,15H2,1H3,(H,24,26). The fourth-order valence-electron chi connectivity index (χ4n) is 3.28.